The standard InChI is InChI=1S/C16H14Cl2N4O.CH4/c17-12-2-1-11(7-13(12)18)16(22-23-6-4-19)14-8-10-3-5-20-9-15(10)21-14;/h1-3,5,7-9,21H,4,6,19H2;1H4. The molecular weight excluding hydrogens is 347 g/mol. The Balaban J connectivity index is 0.00000208. The molecule has 3 rings (SSSR count). The Labute approximate surface area is 150 Å². The summed E-state index contributed by atoms with van der Waals surface area (Å²) in [6.45, 7) is 0.710. The fraction of sp³-hybridized carbons (Fsp3) is 0.176. The van der Waals surface area contributed by atoms with Gasteiger partial charge in [-0.25, -0.2) is 0 Å². The molecule has 24 heavy (non-hydrogen) atoms. The molecule has 0 aliphatic carbocycles. The maximum absolute atomic E-state index is 6.12. The number of aromatic nitrogens is 2. The van der Waals surface area contributed by atoms with E-state index in [1.54, 1.807) is 24.5 Å². The third kappa shape index (κ3) is 3.87. The fourth-order valence-electron chi connectivity index (χ4n) is 2.16. The van der Waals surface area contributed by atoms with Crippen LogP contribution in [0.2, 0.25) is 10.0 Å². The highest BCUT2D eigenvalue weighted by Crippen LogP contribution is 2.25. The molecule has 0 fully saturated rings. The molecule has 0 radical (unpaired) electrons. The van der Waals surface area contributed by atoms with Gasteiger partial charge < -0.3 is 15.6 Å². The van der Waals surface area contributed by atoms with Crippen molar-refractivity contribution in [3.63, 3.8) is 0 Å². The molecule has 126 valence electrons. The molecule has 0 aliphatic rings. The van der Waals surface area contributed by atoms with Gasteiger partial charge in [0, 0.05) is 23.7 Å². The lowest BCUT2D eigenvalue weighted by molar-refractivity contribution is 0.152. The first-order valence-electron chi connectivity index (χ1n) is 6.97. The smallest absolute Gasteiger partial charge is 0.133 e. The Morgan fingerprint density at radius 2 is 2.04 bits per heavy atom. The number of nitrogens with one attached hydrogen (secondary N) is 1. The van der Waals surface area contributed by atoms with Crippen molar-refractivity contribution in [2.75, 3.05) is 13.2 Å². The zero-order valence-electron chi connectivity index (χ0n) is 12.1. The van der Waals surface area contributed by atoms with Crippen molar-refractivity contribution < 1.29 is 4.84 Å². The van der Waals surface area contributed by atoms with Gasteiger partial charge >= 0.3 is 0 Å². The van der Waals surface area contributed by atoms with Crippen LogP contribution >= 0.6 is 23.2 Å². The van der Waals surface area contributed by atoms with Crippen LogP contribution in [0.5, 0.6) is 0 Å². The fourth-order valence-corrected chi connectivity index (χ4v) is 2.46. The summed E-state index contributed by atoms with van der Waals surface area (Å²) in [5, 5.41) is 6.17. The van der Waals surface area contributed by atoms with Crippen LogP contribution in [0.25, 0.3) is 10.9 Å². The van der Waals surface area contributed by atoms with Crippen LogP contribution in [0, 0.1) is 0 Å². The number of fused-ring (bicyclic) bond motifs is 1. The van der Waals surface area contributed by atoms with Gasteiger partial charge in [-0.1, -0.05) is 41.9 Å². The maximum atomic E-state index is 6.12. The van der Waals surface area contributed by atoms with E-state index in [0.717, 1.165) is 22.2 Å². The highest BCUT2D eigenvalue weighted by Gasteiger charge is 2.13. The van der Waals surface area contributed by atoms with Gasteiger partial charge in [-0.3, -0.25) is 4.98 Å². The maximum Gasteiger partial charge on any atom is 0.133 e. The summed E-state index contributed by atoms with van der Waals surface area (Å²) in [7, 11) is 0. The summed E-state index contributed by atoms with van der Waals surface area (Å²) >= 11 is 12.1. The summed E-state index contributed by atoms with van der Waals surface area (Å²) in [6.07, 6.45) is 3.49. The van der Waals surface area contributed by atoms with Crippen LogP contribution in [0.4, 0.5) is 0 Å². The van der Waals surface area contributed by atoms with Crippen molar-refractivity contribution in [1.82, 2.24) is 9.97 Å². The van der Waals surface area contributed by atoms with E-state index in [9.17, 15) is 0 Å². The Hall–Kier alpha value is -2.08. The minimum absolute atomic E-state index is 0. The molecule has 0 bridgehead atoms. The van der Waals surface area contributed by atoms with Crippen LogP contribution in [0.1, 0.15) is 18.7 Å². The molecule has 0 saturated heterocycles. The molecule has 2 heterocycles. The van der Waals surface area contributed by atoms with Crippen molar-refractivity contribution in [3.05, 3.63) is 64.0 Å². The van der Waals surface area contributed by atoms with Gasteiger partial charge in [-0.05, 0) is 24.3 Å². The number of pyridine rings is 1. The lowest BCUT2D eigenvalue weighted by atomic mass is 10.1. The molecule has 0 spiro atoms. The van der Waals surface area contributed by atoms with Gasteiger partial charge in [0.2, 0.25) is 0 Å². The third-order valence-electron chi connectivity index (χ3n) is 3.24. The lowest BCUT2D eigenvalue weighted by Crippen LogP contribution is -2.09. The number of oxime groups is 1. The van der Waals surface area contributed by atoms with Gasteiger partial charge in [0.25, 0.3) is 0 Å². The summed E-state index contributed by atoms with van der Waals surface area (Å²) in [5.41, 5.74) is 8.56. The van der Waals surface area contributed by atoms with E-state index in [4.69, 9.17) is 33.8 Å². The van der Waals surface area contributed by atoms with Crippen LogP contribution in [-0.2, 0) is 4.84 Å². The van der Waals surface area contributed by atoms with Crippen LogP contribution in [0.15, 0.2) is 47.9 Å². The topological polar surface area (TPSA) is 76.3 Å². The minimum Gasteiger partial charge on any atom is -0.394 e. The Bertz CT molecular complexity index is 828. The number of halogens is 2. The average molecular weight is 365 g/mol. The second-order valence-corrected chi connectivity index (χ2v) is 5.65. The molecule has 5 nitrogen and oxygen atoms in total. The number of nitrogens with zero attached hydrogens (tertiary/aromatic N) is 2. The van der Waals surface area contributed by atoms with E-state index in [1.165, 1.54) is 0 Å². The molecule has 0 saturated carbocycles. The molecule has 0 amide bonds. The molecular formula is C17H18Cl2N4O. The van der Waals surface area contributed by atoms with E-state index in [1.807, 2.05) is 18.2 Å². The Morgan fingerprint density at radius 1 is 1.21 bits per heavy atom. The number of nitrogens with two attached hydrogens (primary N) is 1. The van der Waals surface area contributed by atoms with Crippen molar-refractivity contribution in [2.24, 2.45) is 10.9 Å². The minimum atomic E-state index is 0. The largest absolute Gasteiger partial charge is 0.394 e. The van der Waals surface area contributed by atoms with Gasteiger partial charge in [0.15, 0.2) is 0 Å². The van der Waals surface area contributed by atoms with Gasteiger partial charge in [-0.2, -0.15) is 0 Å². The Morgan fingerprint density at radius 3 is 2.75 bits per heavy atom. The molecule has 0 aliphatic heterocycles. The second kappa shape index (κ2) is 8.15. The predicted octanol–water partition coefficient (Wildman–Crippen LogP) is 4.23. The zero-order valence-corrected chi connectivity index (χ0v) is 13.6. The zero-order chi connectivity index (χ0) is 16.2. The first kappa shape index (κ1) is 18.3. The monoisotopic (exact) mass is 364 g/mol. The van der Waals surface area contributed by atoms with Gasteiger partial charge in [0.05, 0.1) is 27.5 Å². The summed E-state index contributed by atoms with van der Waals surface area (Å²) in [4.78, 5) is 12.6. The number of H-pyrrole nitrogens is 1. The van der Waals surface area contributed by atoms with E-state index in [2.05, 4.69) is 15.1 Å². The molecule has 3 aromatic rings. The normalized spacial score (nSPS) is 11.4. The van der Waals surface area contributed by atoms with Crippen molar-refractivity contribution >= 4 is 39.8 Å². The van der Waals surface area contributed by atoms with E-state index in [-0.39, 0.29) is 7.43 Å². The lowest BCUT2D eigenvalue weighted by Gasteiger charge is -2.06. The number of rotatable bonds is 5. The summed E-state index contributed by atoms with van der Waals surface area (Å²) < 4.78 is 0. The second-order valence-electron chi connectivity index (χ2n) is 4.84. The quantitative estimate of drug-likeness (QED) is 0.404. The summed E-state index contributed by atoms with van der Waals surface area (Å²) in [5.74, 6) is 0. The number of benzene rings is 1. The molecule has 0 atom stereocenters. The van der Waals surface area contributed by atoms with Crippen molar-refractivity contribution in [2.45, 2.75) is 7.43 Å². The van der Waals surface area contributed by atoms with Gasteiger partial charge in [-0.15, -0.1) is 0 Å². The first-order chi connectivity index (χ1) is 11.2. The number of hydrogen-bond acceptors (Lipinski definition) is 4. The first-order valence-corrected chi connectivity index (χ1v) is 7.73. The van der Waals surface area contributed by atoms with E-state index < -0.39 is 0 Å². The predicted molar refractivity (Wildman–Crippen MR) is 99.9 cm³/mol. The Kier molecular flexibility index (Phi) is 6.20. The van der Waals surface area contributed by atoms with Crippen LogP contribution in [-0.4, -0.2) is 28.8 Å². The highest BCUT2D eigenvalue weighted by atomic mass is 35.5. The van der Waals surface area contributed by atoms with E-state index in [0.29, 0.717) is 28.9 Å². The van der Waals surface area contributed by atoms with Crippen LogP contribution in [0.3, 0.4) is 0 Å². The number of hydrogen-bond donors (Lipinski definition) is 2. The summed E-state index contributed by atoms with van der Waals surface area (Å²) in [6, 6.07) is 9.20. The molecule has 1 aromatic carbocycles. The SMILES string of the molecule is C.NCCON=C(c1ccc(Cl)c(Cl)c1)c1cc2ccncc2[nH]1. The van der Waals surface area contributed by atoms with Crippen molar-refractivity contribution in [1.29, 1.82) is 0 Å². The molecule has 2 aromatic heterocycles. The number of aromatic amines is 1. The van der Waals surface area contributed by atoms with Crippen molar-refractivity contribution in [3.8, 4) is 0 Å². The van der Waals surface area contributed by atoms with E-state index >= 15 is 0 Å². The highest BCUT2D eigenvalue weighted by molar-refractivity contribution is 6.42. The van der Waals surface area contributed by atoms with Gasteiger partial charge in [0.1, 0.15) is 12.3 Å². The average Bonchev–Trinajstić information content (AvgIpc) is 2.98. The molecule has 0 unspecified atom stereocenters. The third-order valence-corrected chi connectivity index (χ3v) is 3.98. The molecule has 7 heteroatoms. The van der Waals surface area contributed by atoms with Crippen LogP contribution < -0.4 is 5.73 Å². The molecule has 3 N–H and O–H groups in total.